The maximum Gasteiger partial charge on any atom is 0.321 e. The maximum atomic E-state index is 9.91. The molecule has 1 aliphatic rings. The van der Waals surface area contributed by atoms with Gasteiger partial charge in [-0.05, 0) is 54.7 Å². The third-order valence-corrected chi connectivity index (χ3v) is 4.93. The normalized spacial score (nSPS) is 11.7. The molecule has 2 heterocycles. The molecule has 0 unspecified atom stereocenters. The number of rotatable bonds is 4. The zero-order chi connectivity index (χ0) is 26.7. The van der Waals surface area contributed by atoms with Crippen molar-refractivity contribution >= 4 is 23.4 Å². The van der Waals surface area contributed by atoms with E-state index in [0.29, 0.717) is 29.1 Å². The molecular formula is C29H35N5O2. The molecule has 0 spiro atoms. The van der Waals surface area contributed by atoms with Crippen molar-refractivity contribution in [3.63, 3.8) is 0 Å². The zero-order valence-corrected chi connectivity index (χ0v) is 21.7. The largest absolute Gasteiger partial charge is 0.424 e. The van der Waals surface area contributed by atoms with Crippen molar-refractivity contribution in [2.75, 3.05) is 5.73 Å². The first-order chi connectivity index (χ1) is 17.5. The van der Waals surface area contributed by atoms with Gasteiger partial charge in [-0.2, -0.15) is 5.26 Å². The molecule has 4 aromatic rings. The summed E-state index contributed by atoms with van der Waals surface area (Å²) >= 11 is 0. The number of carbonyl (C=O) groups is 1. The Balaban J connectivity index is 0.000000512. The molecule has 0 aliphatic heterocycles. The predicted octanol–water partition coefficient (Wildman–Crippen LogP) is 7.18. The number of aromatic nitrogens is 3. The van der Waals surface area contributed by atoms with Crippen LogP contribution in [0.2, 0.25) is 0 Å². The first-order valence-electron chi connectivity index (χ1n) is 12.2. The molecule has 5 rings (SSSR count). The summed E-state index contributed by atoms with van der Waals surface area (Å²) in [5.41, 5.74) is 10.1. The van der Waals surface area contributed by atoms with E-state index in [1.54, 1.807) is 18.5 Å². The summed E-state index contributed by atoms with van der Waals surface area (Å²) in [7, 11) is 0. The average Bonchev–Trinajstić information content (AvgIpc) is 3.68. The standard InChI is InChI=1S/C22H17N5O.C4H10.C2H6.CH2O/c23-13-19-18-9-8-17(28-22-25-10-1-11-26-22)12-20(18)27(16-6-7-16)21(19)14-2-4-15(24)5-3-14;1-4(2)3;2*1-2/h1-5,8-12,16H,6-7,24H2;4H,1-3H3;1-2H3;1H2. The summed E-state index contributed by atoms with van der Waals surface area (Å²) in [5, 5.41) is 10.8. The molecular weight excluding hydrogens is 450 g/mol. The van der Waals surface area contributed by atoms with Gasteiger partial charge < -0.3 is 19.8 Å². The van der Waals surface area contributed by atoms with E-state index in [-0.39, 0.29) is 0 Å². The fourth-order valence-electron chi connectivity index (χ4n) is 3.55. The number of nitrogen functional groups attached to an aromatic ring is 1. The van der Waals surface area contributed by atoms with Crippen molar-refractivity contribution in [3.05, 3.63) is 66.5 Å². The second kappa shape index (κ2) is 13.6. The molecule has 188 valence electrons. The molecule has 7 nitrogen and oxygen atoms in total. The summed E-state index contributed by atoms with van der Waals surface area (Å²) in [5.74, 6) is 1.48. The molecule has 36 heavy (non-hydrogen) atoms. The molecule has 1 fully saturated rings. The van der Waals surface area contributed by atoms with Crippen LogP contribution in [0.15, 0.2) is 60.9 Å². The van der Waals surface area contributed by atoms with Crippen LogP contribution in [-0.4, -0.2) is 21.3 Å². The van der Waals surface area contributed by atoms with Crippen LogP contribution in [0.4, 0.5) is 5.69 Å². The minimum atomic E-state index is 0.297. The van der Waals surface area contributed by atoms with Gasteiger partial charge in [0.05, 0.1) is 16.8 Å². The van der Waals surface area contributed by atoms with Crippen molar-refractivity contribution in [2.24, 2.45) is 5.92 Å². The van der Waals surface area contributed by atoms with Gasteiger partial charge >= 0.3 is 6.01 Å². The molecule has 0 amide bonds. The van der Waals surface area contributed by atoms with E-state index < -0.39 is 0 Å². The number of nitriles is 1. The maximum absolute atomic E-state index is 9.91. The number of nitrogens with zero attached hydrogens (tertiary/aromatic N) is 4. The van der Waals surface area contributed by atoms with E-state index in [1.807, 2.05) is 63.1 Å². The van der Waals surface area contributed by atoms with Gasteiger partial charge in [0.1, 0.15) is 18.6 Å². The summed E-state index contributed by atoms with van der Waals surface area (Å²) in [4.78, 5) is 16.2. The fourth-order valence-corrected chi connectivity index (χ4v) is 3.55. The zero-order valence-electron chi connectivity index (χ0n) is 21.7. The number of benzene rings is 2. The summed E-state index contributed by atoms with van der Waals surface area (Å²) in [6.07, 6.45) is 5.48. The van der Waals surface area contributed by atoms with E-state index >= 15 is 0 Å². The van der Waals surface area contributed by atoms with E-state index in [2.05, 4.69) is 41.4 Å². The van der Waals surface area contributed by atoms with Crippen molar-refractivity contribution in [1.29, 1.82) is 5.26 Å². The highest BCUT2D eigenvalue weighted by molar-refractivity contribution is 5.95. The number of carbonyl (C=O) groups excluding carboxylic acids is 1. The Morgan fingerprint density at radius 1 is 1.06 bits per heavy atom. The van der Waals surface area contributed by atoms with Gasteiger partial charge in [0.2, 0.25) is 0 Å². The number of anilines is 1. The van der Waals surface area contributed by atoms with Gasteiger partial charge in [0.15, 0.2) is 0 Å². The number of ether oxygens (including phenoxy) is 1. The SMILES string of the molecule is C=O.CC.CC(C)C.N#Cc1c(-c2ccc(N)cc2)n(C2CC2)c2cc(Oc3ncccn3)ccc12. The summed E-state index contributed by atoms with van der Waals surface area (Å²) < 4.78 is 8.07. The van der Waals surface area contributed by atoms with Crippen molar-refractivity contribution in [3.8, 4) is 29.1 Å². The molecule has 0 atom stereocenters. The lowest BCUT2D eigenvalue weighted by Gasteiger charge is -2.11. The van der Waals surface area contributed by atoms with Crippen LogP contribution in [0.1, 0.15) is 59.1 Å². The minimum absolute atomic E-state index is 0.297. The topological polar surface area (TPSA) is 107 Å². The third kappa shape index (κ3) is 6.92. The van der Waals surface area contributed by atoms with Gasteiger partial charge in [0, 0.05) is 35.6 Å². The predicted molar refractivity (Wildman–Crippen MR) is 146 cm³/mol. The Bertz CT molecular complexity index is 1270. The van der Waals surface area contributed by atoms with Crippen LogP contribution in [0.3, 0.4) is 0 Å². The van der Waals surface area contributed by atoms with Gasteiger partial charge in [-0.15, -0.1) is 0 Å². The molecule has 0 bridgehead atoms. The lowest BCUT2D eigenvalue weighted by molar-refractivity contribution is -0.0980. The monoisotopic (exact) mass is 485 g/mol. The van der Waals surface area contributed by atoms with E-state index in [4.69, 9.17) is 15.3 Å². The van der Waals surface area contributed by atoms with E-state index in [1.165, 1.54) is 0 Å². The molecule has 2 aromatic carbocycles. The van der Waals surface area contributed by atoms with Gasteiger partial charge in [-0.25, -0.2) is 9.97 Å². The number of fused-ring (bicyclic) bond motifs is 1. The van der Waals surface area contributed by atoms with Crippen LogP contribution in [0.25, 0.3) is 22.2 Å². The Labute approximate surface area is 213 Å². The molecule has 1 saturated carbocycles. The lowest BCUT2D eigenvalue weighted by Crippen LogP contribution is -1.98. The molecule has 2 N–H and O–H groups in total. The first-order valence-corrected chi connectivity index (χ1v) is 12.2. The van der Waals surface area contributed by atoms with Crippen molar-refractivity contribution < 1.29 is 9.53 Å². The molecule has 1 aliphatic carbocycles. The highest BCUT2D eigenvalue weighted by Gasteiger charge is 2.30. The molecule has 0 radical (unpaired) electrons. The van der Waals surface area contributed by atoms with Gasteiger partial charge in [-0.3, -0.25) is 0 Å². The Kier molecular flexibility index (Phi) is 10.6. The number of nitrogens with two attached hydrogens (primary N) is 1. The van der Waals surface area contributed by atoms with Crippen LogP contribution < -0.4 is 10.5 Å². The number of hydrogen-bond acceptors (Lipinski definition) is 6. The van der Waals surface area contributed by atoms with Crippen LogP contribution in [0, 0.1) is 17.2 Å². The highest BCUT2D eigenvalue weighted by Crippen LogP contribution is 2.45. The minimum Gasteiger partial charge on any atom is -0.424 e. The van der Waals surface area contributed by atoms with E-state index in [9.17, 15) is 5.26 Å². The quantitative estimate of drug-likeness (QED) is 0.307. The second-order valence-corrected chi connectivity index (χ2v) is 8.60. The Hall–Kier alpha value is -4.18. The fraction of sp³-hybridized carbons (Fsp3) is 0.310. The highest BCUT2D eigenvalue weighted by atomic mass is 16.5. The average molecular weight is 486 g/mol. The van der Waals surface area contributed by atoms with Crippen molar-refractivity contribution in [2.45, 2.75) is 53.5 Å². The van der Waals surface area contributed by atoms with Crippen LogP contribution in [0.5, 0.6) is 11.8 Å². The van der Waals surface area contributed by atoms with Crippen LogP contribution in [-0.2, 0) is 4.79 Å². The van der Waals surface area contributed by atoms with Crippen molar-refractivity contribution in [1.82, 2.24) is 14.5 Å². The Morgan fingerprint density at radius 2 is 1.64 bits per heavy atom. The smallest absolute Gasteiger partial charge is 0.321 e. The first kappa shape index (κ1) is 28.1. The molecule has 7 heteroatoms. The summed E-state index contributed by atoms with van der Waals surface area (Å²) in [6.45, 7) is 12.5. The summed E-state index contributed by atoms with van der Waals surface area (Å²) in [6, 6.07) is 18.3. The lowest BCUT2D eigenvalue weighted by atomic mass is 10.1. The third-order valence-electron chi connectivity index (χ3n) is 4.93. The molecule has 0 saturated heterocycles. The number of hydrogen-bond donors (Lipinski definition) is 1. The van der Waals surface area contributed by atoms with Gasteiger partial charge in [0.25, 0.3) is 0 Å². The van der Waals surface area contributed by atoms with Crippen LogP contribution >= 0.6 is 0 Å². The van der Waals surface area contributed by atoms with E-state index in [0.717, 1.165) is 40.9 Å². The molecule has 2 aromatic heterocycles. The van der Waals surface area contributed by atoms with Gasteiger partial charge in [-0.1, -0.05) is 46.8 Å². The Morgan fingerprint density at radius 3 is 2.17 bits per heavy atom. The second-order valence-electron chi connectivity index (χ2n) is 8.60.